The van der Waals surface area contributed by atoms with Gasteiger partial charge in [0.25, 0.3) is 0 Å². The molecular weight excluding hydrogens is 124 g/mol. The number of unbranched alkanes of at least 4 members (excludes halogenated alkanes) is 2. The Morgan fingerprint density at radius 3 is 2.80 bits per heavy atom. The Morgan fingerprint density at radius 1 is 1.60 bits per heavy atom. The predicted octanol–water partition coefficient (Wildman–Crippen LogP) is 2.49. The van der Waals surface area contributed by atoms with E-state index in [2.05, 4.69) is 13.5 Å². The van der Waals surface area contributed by atoms with Gasteiger partial charge in [-0.05, 0) is 18.6 Å². The van der Waals surface area contributed by atoms with Gasteiger partial charge in [-0.25, -0.2) is 0 Å². The minimum absolute atomic E-state index is 0.00361. The van der Waals surface area contributed by atoms with Gasteiger partial charge < -0.3 is 0 Å². The quantitative estimate of drug-likeness (QED) is 0.421. The molecule has 0 aliphatic carbocycles. The van der Waals surface area contributed by atoms with E-state index in [9.17, 15) is 4.79 Å². The van der Waals surface area contributed by atoms with Crippen molar-refractivity contribution in [3.8, 4) is 0 Å². The summed E-state index contributed by atoms with van der Waals surface area (Å²) < 4.78 is 0. The second-order valence-corrected chi connectivity index (χ2v) is 2.15. The van der Waals surface area contributed by atoms with Crippen LogP contribution in [0.3, 0.4) is 0 Å². The van der Waals surface area contributed by atoms with Crippen molar-refractivity contribution in [2.45, 2.75) is 26.2 Å². The molecule has 1 nitrogen and oxygen atoms in total. The largest absolute Gasteiger partial charge is 0.290 e. The van der Waals surface area contributed by atoms with Crippen molar-refractivity contribution in [2.24, 2.45) is 0 Å². The maximum absolute atomic E-state index is 10.6. The topological polar surface area (TPSA) is 17.1 Å². The van der Waals surface area contributed by atoms with Gasteiger partial charge in [-0.2, -0.15) is 0 Å². The lowest BCUT2D eigenvalue weighted by atomic mass is 10.2. The van der Waals surface area contributed by atoms with Crippen LogP contribution in [0.25, 0.3) is 0 Å². The third-order valence-electron chi connectivity index (χ3n) is 1.21. The van der Waals surface area contributed by atoms with Crippen molar-refractivity contribution in [2.75, 3.05) is 0 Å². The van der Waals surface area contributed by atoms with E-state index in [-0.39, 0.29) is 5.78 Å². The Labute approximate surface area is 62.4 Å². The zero-order valence-electron chi connectivity index (χ0n) is 6.47. The van der Waals surface area contributed by atoms with Gasteiger partial charge in [0, 0.05) is 0 Å². The van der Waals surface area contributed by atoms with Crippen LogP contribution >= 0.6 is 0 Å². The molecule has 10 heavy (non-hydrogen) atoms. The smallest absolute Gasteiger partial charge is 0.177 e. The highest BCUT2D eigenvalue weighted by Crippen LogP contribution is 1.94. The van der Waals surface area contributed by atoms with E-state index in [0.29, 0.717) is 0 Å². The summed E-state index contributed by atoms with van der Waals surface area (Å²) >= 11 is 0. The number of carbonyl (C=O) groups is 1. The summed E-state index contributed by atoms with van der Waals surface area (Å²) in [6.45, 7) is 5.49. The summed E-state index contributed by atoms with van der Waals surface area (Å²) in [5.74, 6) is -0.00361. The summed E-state index contributed by atoms with van der Waals surface area (Å²) in [4.78, 5) is 10.6. The van der Waals surface area contributed by atoms with Crippen LogP contribution in [0, 0.1) is 0 Å². The van der Waals surface area contributed by atoms with E-state index in [1.54, 1.807) is 6.08 Å². The van der Waals surface area contributed by atoms with Crippen LogP contribution in [-0.2, 0) is 4.79 Å². The molecule has 0 aliphatic heterocycles. The van der Waals surface area contributed by atoms with Gasteiger partial charge in [0.15, 0.2) is 5.78 Å². The molecular formula is C9H14O. The fourth-order valence-electron chi connectivity index (χ4n) is 0.590. The Morgan fingerprint density at radius 2 is 2.30 bits per heavy atom. The molecule has 0 aromatic carbocycles. The van der Waals surface area contributed by atoms with Crippen LogP contribution in [0.4, 0.5) is 0 Å². The molecule has 0 N–H and O–H groups in total. The van der Waals surface area contributed by atoms with Crippen molar-refractivity contribution in [1.29, 1.82) is 0 Å². The minimum atomic E-state index is -0.00361. The highest BCUT2D eigenvalue weighted by molar-refractivity contribution is 5.98. The predicted molar refractivity (Wildman–Crippen MR) is 43.9 cm³/mol. The third-order valence-corrected chi connectivity index (χ3v) is 1.21. The second kappa shape index (κ2) is 6.27. The van der Waals surface area contributed by atoms with Gasteiger partial charge in [-0.15, -0.1) is 0 Å². The number of carbonyl (C=O) groups excluding carboxylic acids is 1. The molecule has 0 aliphatic rings. The molecule has 0 fully saturated rings. The average molecular weight is 138 g/mol. The highest BCUT2D eigenvalue weighted by Gasteiger charge is 1.83. The maximum atomic E-state index is 10.6. The molecule has 0 radical (unpaired) electrons. The Balaban J connectivity index is 3.36. The monoisotopic (exact) mass is 138 g/mol. The Kier molecular flexibility index (Phi) is 5.74. The molecule has 0 spiro atoms. The molecule has 0 atom stereocenters. The lowest BCUT2D eigenvalue weighted by Gasteiger charge is -1.85. The Bertz CT molecular complexity index is 134. The van der Waals surface area contributed by atoms with Crippen molar-refractivity contribution in [3.63, 3.8) is 0 Å². The first-order valence-corrected chi connectivity index (χ1v) is 3.64. The molecule has 1 heteroatoms. The van der Waals surface area contributed by atoms with E-state index in [4.69, 9.17) is 0 Å². The molecule has 0 unspecified atom stereocenters. The third kappa shape index (κ3) is 5.29. The molecule has 0 aromatic heterocycles. The zero-order valence-corrected chi connectivity index (χ0v) is 6.47. The first kappa shape index (κ1) is 9.15. The van der Waals surface area contributed by atoms with Crippen LogP contribution in [-0.4, -0.2) is 5.78 Å². The number of ketones is 1. The lowest BCUT2D eigenvalue weighted by molar-refractivity contribution is -0.110. The number of hydrogen-bond acceptors (Lipinski definition) is 1. The van der Waals surface area contributed by atoms with Crippen molar-refractivity contribution in [3.05, 3.63) is 24.8 Å². The summed E-state index contributed by atoms with van der Waals surface area (Å²) in [6, 6.07) is 0. The summed E-state index contributed by atoms with van der Waals surface area (Å²) in [6.07, 6.45) is 8.11. The standard InChI is InChI=1S/C9H14O/c1-3-5-6-7-8-9(10)4-2/h4,7-8H,2-3,5-6H2,1H3/b8-7+. The van der Waals surface area contributed by atoms with Crippen LogP contribution in [0.1, 0.15) is 26.2 Å². The Hall–Kier alpha value is -0.850. The molecule has 0 bridgehead atoms. The summed E-state index contributed by atoms with van der Waals surface area (Å²) in [5, 5.41) is 0. The fraction of sp³-hybridized carbons (Fsp3) is 0.444. The van der Waals surface area contributed by atoms with Crippen molar-refractivity contribution >= 4 is 5.78 Å². The van der Waals surface area contributed by atoms with Crippen LogP contribution < -0.4 is 0 Å². The van der Waals surface area contributed by atoms with Crippen LogP contribution in [0.5, 0.6) is 0 Å². The SMILES string of the molecule is C=CC(=O)/C=C/CCCC. The lowest BCUT2D eigenvalue weighted by Crippen LogP contribution is -1.82. The molecule has 0 aromatic rings. The minimum Gasteiger partial charge on any atom is -0.290 e. The number of rotatable bonds is 5. The van der Waals surface area contributed by atoms with E-state index >= 15 is 0 Å². The van der Waals surface area contributed by atoms with E-state index < -0.39 is 0 Å². The summed E-state index contributed by atoms with van der Waals surface area (Å²) in [5.41, 5.74) is 0. The van der Waals surface area contributed by atoms with Crippen LogP contribution in [0.2, 0.25) is 0 Å². The first-order valence-electron chi connectivity index (χ1n) is 3.64. The van der Waals surface area contributed by atoms with Gasteiger partial charge in [-0.1, -0.05) is 32.4 Å². The van der Waals surface area contributed by atoms with E-state index in [1.807, 2.05) is 6.08 Å². The maximum Gasteiger partial charge on any atom is 0.177 e. The first-order chi connectivity index (χ1) is 4.81. The van der Waals surface area contributed by atoms with Crippen molar-refractivity contribution < 1.29 is 4.79 Å². The molecule has 0 saturated heterocycles. The van der Waals surface area contributed by atoms with Gasteiger partial charge in [0.2, 0.25) is 0 Å². The van der Waals surface area contributed by atoms with E-state index in [1.165, 1.54) is 12.5 Å². The molecule has 0 heterocycles. The van der Waals surface area contributed by atoms with Gasteiger partial charge in [0.05, 0.1) is 0 Å². The average Bonchev–Trinajstić information content (AvgIpc) is 1.98. The molecule has 0 amide bonds. The molecule has 56 valence electrons. The second-order valence-electron chi connectivity index (χ2n) is 2.15. The van der Waals surface area contributed by atoms with E-state index in [0.717, 1.165) is 12.8 Å². The van der Waals surface area contributed by atoms with Gasteiger partial charge >= 0.3 is 0 Å². The van der Waals surface area contributed by atoms with Gasteiger partial charge in [0.1, 0.15) is 0 Å². The molecule has 0 saturated carbocycles. The molecule has 0 rings (SSSR count). The highest BCUT2D eigenvalue weighted by atomic mass is 16.1. The summed E-state index contributed by atoms with van der Waals surface area (Å²) in [7, 11) is 0. The zero-order chi connectivity index (χ0) is 7.82. The normalized spacial score (nSPS) is 10.1. The number of hydrogen-bond donors (Lipinski definition) is 0. The van der Waals surface area contributed by atoms with Crippen LogP contribution in [0.15, 0.2) is 24.8 Å². The number of allylic oxidation sites excluding steroid dienone is 3. The van der Waals surface area contributed by atoms with Gasteiger partial charge in [-0.3, -0.25) is 4.79 Å². The van der Waals surface area contributed by atoms with Crippen molar-refractivity contribution in [1.82, 2.24) is 0 Å². The fourth-order valence-corrected chi connectivity index (χ4v) is 0.590.